The zero-order valence-electron chi connectivity index (χ0n) is 23.4. The van der Waals surface area contributed by atoms with E-state index >= 15 is 0 Å². The summed E-state index contributed by atoms with van der Waals surface area (Å²) in [5.74, 6) is 3.25. The topological polar surface area (TPSA) is 91.1 Å². The zero-order chi connectivity index (χ0) is 28.5. The first-order valence-corrected chi connectivity index (χ1v) is 15.6. The van der Waals surface area contributed by atoms with Crippen LogP contribution in [0.25, 0.3) is 21.6 Å². The number of benzene rings is 2. The highest BCUT2D eigenvalue weighted by molar-refractivity contribution is 7.09. The summed E-state index contributed by atoms with van der Waals surface area (Å²) in [5, 5.41) is 1.65. The number of piperidine rings is 1. The maximum Gasteiger partial charge on any atom is 0.216 e. The Morgan fingerprint density at radius 2 is 1.86 bits per heavy atom. The molecule has 0 saturated carbocycles. The maximum absolute atomic E-state index is 6.31. The van der Waals surface area contributed by atoms with Gasteiger partial charge in [-0.2, -0.15) is 9.36 Å². The Bertz CT molecular complexity index is 1680. The molecule has 0 unspecified atom stereocenters. The number of aryl methyl sites for hydroxylation is 1. The molecule has 2 aromatic carbocycles. The molecule has 42 heavy (non-hydrogen) atoms. The number of hydrogen-bond donors (Lipinski definition) is 0. The summed E-state index contributed by atoms with van der Waals surface area (Å²) >= 11 is 7.45. The van der Waals surface area contributed by atoms with Crippen molar-refractivity contribution in [1.29, 1.82) is 0 Å². The van der Waals surface area contributed by atoms with Gasteiger partial charge in [-0.05, 0) is 73.6 Å². The van der Waals surface area contributed by atoms with Crippen LogP contribution in [0.15, 0.2) is 54.7 Å². The van der Waals surface area contributed by atoms with E-state index in [0.29, 0.717) is 12.3 Å². The Kier molecular flexibility index (Phi) is 7.86. The van der Waals surface area contributed by atoms with Crippen LogP contribution < -0.4 is 4.74 Å². The number of imidazole rings is 1. The van der Waals surface area contributed by atoms with Crippen LogP contribution in [0.2, 0.25) is 5.02 Å². The van der Waals surface area contributed by atoms with Crippen LogP contribution in [0.4, 0.5) is 0 Å². The summed E-state index contributed by atoms with van der Waals surface area (Å²) in [6.07, 6.45) is 5.75. The third-order valence-electron chi connectivity index (χ3n) is 7.92. The highest BCUT2D eigenvalue weighted by Gasteiger charge is 2.26. The first-order chi connectivity index (χ1) is 20.6. The summed E-state index contributed by atoms with van der Waals surface area (Å²) in [5.41, 5.74) is 4.31. The van der Waals surface area contributed by atoms with Crippen molar-refractivity contribution in [3.8, 4) is 16.5 Å². The summed E-state index contributed by atoms with van der Waals surface area (Å²) in [6, 6.07) is 16.1. The number of halogens is 1. The smallest absolute Gasteiger partial charge is 0.216 e. The lowest BCUT2D eigenvalue weighted by Gasteiger charge is -2.32. The zero-order valence-corrected chi connectivity index (χ0v) is 25.0. The van der Waals surface area contributed by atoms with E-state index < -0.39 is 0 Å². The van der Waals surface area contributed by atoms with Gasteiger partial charge in [-0.15, -0.1) is 0 Å². The maximum atomic E-state index is 6.31. The van der Waals surface area contributed by atoms with E-state index in [0.717, 1.165) is 102 Å². The Morgan fingerprint density at radius 3 is 2.60 bits per heavy atom. The average molecular weight is 602 g/mol. The highest BCUT2D eigenvalue weighted by atomic mass is 35.5. The van der Waals surface area contributed by atoms with Gasteiger partial charge >= 0.3 is 0 Å². The average Bonchev–Trinajstić information content (AvgIpc) is 3.55. The highest BCUT2D eigenvalue weighted by Crippen LogP contribution is 2.29. The SMILES string of the molecule is Cc1nsc(-c2ccc3c(c2)nc(CN2CCC(Oc4ccnc(Cc5ccc(Cl)cc5)n4)CC2)n3C[C@@H]2CCO2)n1. The monoisotopic (exact) mass is 601 g/mol. The Labute approximate surface area is 253 Å². The fourth-order valence-electron chi connectivity index (χ4n) is 5.56. The molecule has 0 radical (unpaired) electrons. The lowest BCUT2D eigenvalue weighted by molar-refractivity contribution is -0.0592. The van der Waals surface area contributed by atoms with Crippen molar-refractivity contribution in [3.05, 3.63) is 82.8 Å². The molecule has 5 heterocycles. The summed E-state index contributed by atoms with van der Waals surface area (Å²) in [7, 11) is 0. The molecule has 2 fully saturated rings. The van der Waals surface area contributed by atoms with Crippen molar-refractivity contribution in [1.82, 2.24) is 33.8 Å². The van der Waals surface area contributed by atoms with Crippen LogP contribution >= 0.6 is 23.1 Å². The number of rotatable bonds is 9. The first kappa shape index (κ1) is 27.4. The molecule has 2 aliphatic heterocycles. The van der Waals surface area contributed by atoms with Gasteiger partial charge < -0.3 is 14.0 Å². The Morgan fingerprint density at radius 1 is 1.02 bits per heavy atom. The van der Waals surface area contributed by atoms with Gasteiger partial charge in [0.05, 0.1) is 30.2 Å². The molecule has 0 aliphatic carbocycles. The summed E-state index contributed by atoms with van der Waals surface area (Å²) in [4.78, 5) is 21.2. The van der Waals surface area contributed by atoms with Crippen molar-refractivity contribution in [2.75, 3.05) is 19.7 Å². The van der Waals surface area contributed by atoms with E-state index in [2.05, 4.69) is 47.0 Å². The van der Waals surface area contributed by atoms with Crippen LogP contribution in [0, 0.1) is 6.92 Å². The normalized spacial score (nSPS) is 17.9. The molecule has 216 valence electrons. The van der Waals surface area contributed by atoms with Crippen molar-refractivity contribution in [2.24, 2.45) is 0 Å². The molecule has 1 atom stereocenters. The van der Waals surface area contributed by atoms with Gasteiger partial charge in [-0.3, -0.25) is 4.90 Å². The quantitative estimate of drug-likeness (QED) is 0.212. The van der Waals surface area contributed by atoms with Crippen LogP contribution in [0.3, 0.4) is 0 Å². The third kappa shape index (κ3) is 6.17. The van der Waals surface area contributed by atoms with Gasteiger partial charge in [0.2, 0.25) is 5.88 Å². The van der Waals surface area contributed by atoms with E-state index in [-0.39, 0.29) is 12.2 Å². The molecule has 2 saturated heterocycles. The lowest BCUT2D eigenvalue weighted by atomic mass is 10.1. The minimum atomic E-state index is 0.125. The Hall–Kier alpha value is -3.44. The molecular weight excluding hydrogens is 570 g/mol. The molecule has 11 heteroatoms. The van der Waals surface area contributed by atoms with Crippen molar-refractivity contribution >= 4 is 34.2 Å². The number of fused-ring (bicyclic) bond motifs is 1. The van der Waals surface area contributed by atoms with Crippen molar-refractivity contribution < 1.29 is 9.47 Å². The van der Waals surface area contributed by atoms with Gasteiger partial charge in [0.25, 0.3) is 0 Å². The van der Waals surface area contributed by atoms with E-state index in [1.807, 2.05) is 37.3 Å². The minimum Gasteiger partial charge on any atom is -0.474 e. The standard InChI is InChI=1S/C31H32ClN7O2S/c1-20-34-31(42-37-20)22-4-7-27-26(17-22)35-29(39(27)18-25-11-15-40-25)19-38-13-9-24(10-14-38)41-30-8-12-33-28(36-30)16-21-2-5-23(32)6-3-21/h2-8,12,17,24-25H,9-11,13-16,18-19H2,1H3/t25-/m0/s1. The minimum absolute atomic E-state index is 0.125. The molecule has 5 aromatic rings. The summed E-state index contributed by atoms with van der Waals surface area (Å²) in [6.45, 7) is 6.26. The number of hydrogen-bond acceptors (Lipinski definition) is 9. The van der Waals surface area contributed by atoms with Crippen molar-refractivity contribution in [2.45, 2.75) is 57.9 Å². The summed E-state index contributed by atoms with van der Waals surface area (Å²) < 4.78 is 18.8. The molecule has 0 bridgehead atoms. The van der Waals surface area contributed by atoms with Crippen LogP contribution in [0.1, 0.15) is 42.3 Å². The van der Waals surface area contributed by atoms with Gasteiger partial charge in [0.15, 0.2) is 0 Å². The lowest BCUT2D eigenvalue weighted by Crippen LogP contribution is -2.39. The second kappa shape index (κ2) is 12.0. The van der Waals surface area contributed by atoms with Gasteiger partial charge in [0, 0.05) is 49.0 Å². The van der Waals surface area contributed by atoms with Gasteiger partial charge in [-0.1, -0.05) is 23.7 Å². The number of ether oxygens (including phenoxy) is 2. The van der Waals surface area contributed by atoms with Crippen LogP contribution in [-0.2, 0) is 24.2 Å². The second-order valence-corrected chi connectivity index (χ2v) is 12.2. The molecule has 3 aromatic heterocycles. The molecular formula is C31H32ClN7O2S. The van der Waals surface area contributed by atoms with E-state index in [9.17, 15) is 0 Å². The van der Waals surface area contributed by atoms with Gasteiger partial charge in [0.1, 0.15) is 28.6 Å². The largest absolute Gasteiger partial charge is 0.474 e. The number of likely N-dealkylation sites (tertiary alicyclic amines) is 1. The van der Waals surface area contributed by atoms with E-state index in [1.165, 1.54) is 11.5 Å². The number of nitrogens with zero attached hydrogens (tertiary/aromatic N) is 7. The molecule has 2 aliphatic rings. The fraction of sp³-hybridized carbons (Fsp3) is 0.387. The Balaban J connectivity index is 1.01. The number of aromatic nitrogens is 6. The second-order valence-electron chi connectivity index (χ2n) is 11.0. The van der Waals surface area contributed by atoms with E-state index in [1.54, 1.807) is 6.20 Å². The van der Waals surface area contributed by atoms with Gasteiger partial charge in [-0.25, -0.2) is 15.0 Å². The predicted octanol–water partition coefficient (Wildman–Crippen LogP) is 5.73. The molecule has 0 spiro atoms. The third-order valence-corrected chi connectivity index (χ3v) is 9.03. The fourth-order valence-corrected chi connectivity index (χ4v) is 6.35. The first-order valence-electron chi connectivity index (χ1n) is 14.4. The van der Waals surface area contributed by atoms with E-state index in [4.69, 9.17) is 26.1 Å². The molecule has 7 rings (SSSR count). The predicted molar refractivity (Wildman–Crippen MR) is 163 cm³/mol. The molecule has 0 N–H and O–H groups in total. The van der Waals surface area contributed by atoms with Crippen LogP contribution in [-0.4, -0.2) is 65.7 Å². The van der Waals surface area contributed by atoms with Crippen LogP contribution in [0.5, 0.6) is 5.88 Å². The van der Waals surface area contributed by atoms with Crippen molar-refractivity contribution in [3.63, 3.8) is 0 Å². The molecule has 9 nitrogen and oxygen atoms in total. The molecule has 0 amide bonds.